The summed E-state index contributed by atoms with van der Waals surface area (Å²) in [6.45, 7) is 3.84. The van der Waals surface area contributed by atoms with Gasteiger partial charge >= 0.3 is 0 Å². The topological polar surface area (TPSA) is 49.3 Å². The first-order valence-corrected chi connectivity index (χ1v) is 6.52. The lowest BCUT2D eigenvalue weighted by molar-refractivity contribution is -0.0689. The molecule has 18 heavy (non-hydrogen) atoms. The molecule has 2 unspecified atom stereocenters. The van der Waals surface area contributed by atoms with Crippen molar-refractivity contribution in [2.75, 3.05) is 0 Å². The lowest BCUT2D eigenvalue weighted by Crippen LogP contribution is -2.61. The molecule has 1 fully saturated rings. The van der Waals surface area contributed by atoms with Gasteiger partial charge in [0.1, 0.15) is 0 Å². The Morgan fingerprint density at radius 1 is 1.44 bits per heavy atom. The van der Waals surface area contributed by atoms with Crippen molar-refractivity contribution in [1.82, 2.24) is 5.32 Å². The number of hydrogen-bond donors (Lipinski definition) is 2. The average Bonchev–Trinajstić information content (AvgIpc) is 2.31. The van der Waals surface area contributed by atoms with Gasteiger partial charge in [-0.25, -0.2) is 0 Å². The Balaban J connectivity index is 2.12. The summed E-state index contributed by atoms with van der Waals surface area (Å²) < 4.78 is 0. The molecule has 0 radical (unpaired) electrons. The van der Waals surface area contributed by atoms with Gasteiger partial charge in [-0.15, -0.1) is 0 Å². The molecule has 0 spiro atoms. The van der Waals surface area contributed by atoms with Gasteiger partial charge in [0.05, 0.1) is 16.7 Å². The first-order valence-electron chi connectivity index (χ1n) is 5.76. The van der Waals surface area contributed by atoms with E-state index in [1.165, 1.54) is 0 Å². The second kappa shape index (κ2) is 4.72. The van der Waals surface area contributed by atoms with E-state index in [0.717, 1.165) is 0 Å². The quantitative estimate of drug-likeness (QED) is 0.879. The molecule has 1 aromatic rings. The van der Waals surface area contributed by atoms with Crippen LogP contribution >= 0.6 is 23.2 Å². The van der Waals surface area contributed by atoms with Crippen molar-refractivity contribution in [3.63, 3.8) is 0 Å². The Kier molecular flexibility index (Phi) is 3.58. The van der Waals surface area contributed by atoms with Crippen molar-refractivity contribution in [3.05, 3.63) is 33.8 Å². The van der Waals surface area contributed by atoms with E-state index in [9.17, 15) is 9.90 Å². The van der Waals surface area contributed by atoms with Crippen molar-refractivity contribution in [2.24, 2.45) is 5.41 Å². The summed E-state index contributed by atoms with van der Waals surface area (Å²) in [5, 5.41) is 13.3. The third-order valence-corrected chi connectivity index (χ3v) is 4.26. The number of nitrogens with one attached hydrogen (secondary N) is 1. The van der Waals surface area contributed by atoms with Crippen molar-refractivity contribution in [1.29, 1.82) is 0 Å². The molecule has 5 heteroatoms. The zero-order valence-electron chi connectivity index (χ0n) is 10.2. The molecular weight excluding hydrogens is 273 g/mol. The predicted molar refractivity (Wildman–Crippen MR) is 72.1 cm³/mol. The lowest BCUT2D eigenvalue weighted by Gasteiger charge is -2.49. The highest BCUT2D eigenvalue weighted by Gasteiger charge is 2.48. The molecule has 2 N–H and O–H groups in total. The standard InChI is InChI=1S/C13H15Cl2NO2/c1-13(2)10(6-11(13)17)16-12(18)8-5-7(14)3-4-9(8)15/h3-5,10-11,17H,6H2,1-2H3,(H,16,18). The summed E-state index contributed by atoms with van der Waals surface area (Å²) in [5.41, 5.74) is 0.0575. The number of carbonyl (C=O) groups excluding carboxylic acids is 1. The summed E-state index contributed by atoms with van der Waals surface area (Å²) in [4.78, 5) is 12.1. The maximum absolute atomic E-state index is 12.1. The van der Waals surface area contributed by atoms with Crippen LogP contribution in [0.5, 0.6) is 0 Å². The average molecular weight is 288 g/mol. The zero-order valence-corrected chi connectivity index (χ0v) is 11.7. The van der Waals surface area contributed by atoms with E-state index in [1.807, 2.05) is 13.8 Å². The first kappa shape index (κ1) is 13.7. The third-order valence-electron chi connectivity index (χ3n) is 3.69. The van der Waals surface area contributed by atoms with Gasteiger partial charge < -0.3 is 10.4 Å². The molecule has 2 rings (SSSR count). The maximum Gasteiger partial charge on any atom is 0.253 e. The summed E-state index contributed by atoms with van der Waals surface area (Å²) in [6, 6.07) is 4.73. The van der Waals surface area contributed by atoms with Gasteiger partial charge in [-0.2, -0.15) is 0 Å². The summed E-state index contributed by atoms with van der Waals surface area (Å²) in [5.74, 6) is -0.257. The molecule has 0 aliphatic heterocycles. The van der Waals surface area contributed by atoms with Crippen LogP contribution in [0.25, 0.3) is 0 Å². The normalized spacial score (nSPS) is 25.4. The molecule has 1 aromatic carbocycles. The van der Waals surface area contributed by atoms with Crippen LogP contribution in [0.15, 0.2) is 18.2 Å². The fraction of sp³-hybridized carbons (Fsp3) is 0.462. The van der Waals surface area contributed by atoms with Crippen LogP contribution in [-0.4, -0.2) is 23.2 Å². The van der Waals surface area contributed by atoms with Crippen molar-refractivity contribution >= 4 is 29.1 Å². The Hall–Kier alpha value is -0.770. The number of amides is 1. The summed E-state index contributed by atoms with van der Waals surface area (Å²) in [6.07, 6.45) is 0.189. The highest BCUT2D eigenvalue weighted by Crippen LogP contribution is 2.40. The van der Waals surface area contributed by atoms with E-state index in [2.05, 4.69) is 5.32 Å². The molecule has 1 amide bonds. The number of hydrogen-bond acceptors (Lipinski definition) is 2. The molecule has 0 aromatic heterocycles. The lowest BCUT2D eigenvalue weighted by atomic mass is 9.64. The second-order valence-electron chi connectivity index (χ2n) is 5.22. The highest BCUT2D eigenvalue weighted by atomic mass is 35.5. The molecule has 1 aliphatic carbocycles. The molecule has 2 atom stereocenters. The largest absolute Gasteiger partial charge is 0.392 e. The first-order chi connectivity index (χ1) is 8.32. The van der Waals surface area contributed by atoms with Crippen molar-refractivity contribution in [3.8, 4) is 0 Å². The van der Waals surface area contributed by atoms with Gasteiger partial charge in [-0.1, -0.05) is 37.0 Å². The fourth-order valence-corrected chi connectivity index (χ4v) is 2.43. The highest BCUT2D eigenvalue weighted by molar-refractivity contribution is 6.35. The van der Waals surface area contributed by atoms with Gasteiger partial charge in [0.2, 0.25) is 0 Å². The van der Waals surface area contributed by atoms with Crippen molar-refractivity contribution < 1.29 is 9.90 Å². The molecule has 3 nitrogen and oxygen atoms in total. The summed E-state index contributed by atoms with van der Waals surface area (Å²) >= 11 is 11.8. The summed E-state index contributed by atoms with van der Waals surface area (Å²) in [7, 11) is 0. The monoisotopic (exact) mass is 287 g/mol. The van der Waals surface area contributed by atoms with E-state index >= 15 is 0 Å². The van der Waals surface area contributed by atoms with E-state index in [1.54, 1.807) is 18.2 Å². The van der Waals surface area contributed by atoms with Gasteiger partial charge in [0, 0.05) is 16.5 Å². The Morgan fingerprint density at radius 2 is 2.11 bits per heavy atom. The molecular formula is C13H15Cl2NO2. The molecule has 0 saturated heterocycles. The van der Waals surface area contributed by atoms with Gasteiger partial charge in [0.15, 0.2) is 0 Å². The smallest absolute Gasteiger partial charge is 0.253 e. The Bertz CT molecular complexity index is 488. The van der Waals surface area contributed by atoms with Gasteiger partial charge in [-0.3, -0.25) is 4.79 Å². The van der Waals surface area contributed by atoms with Crippen LogP contribution in [0.2, 0.25) is 10.0 Å². The van der Waals surface area contributed by atoms with Crippen molar-refractivity contribution in [2.45, 2.75) is 32.4 Å². The van der Waals surface area contributed by atoms with Gasteiger partial charge in [-0.05, 0) is 24.6 Å². The zero-order chi connectivity index (χ0) is 13.5. The molecule has 98 valence electrons. The van der Waals surface area contributed by atoms with Crippen LogP contribution < -0.4 is 5.32 Å². The van der Waals surface area contributed by atoms with E-state index < -0.39 is 0 Å². The third kappa shape index (κ3) is 2.35. The van der Waals surface area contributed by atoms with E-state index in [0.29, 0.717) is 22.0 Å². The minimum atomic E-state index is -0.377. The fourth-order valence-electron chi connectivity index (χ4n) is 2.05. The molecule has 0 bridgehead atoms. The number of carbonyl (C=O) groups is 1. The number of halogens is 2. The Morgan fingerprint density at radius 3 is 2.67 bits per heavy atom. The number of benzene rings is 1. The second-order valence-corrected chi connectivity index (χ2v) is 6.07. The van der Waals surface area contributed by atoms with Crippen LogP contribution in [0.3, 0.4) is 0 Å². The molecule has 1 saturated carbocycles. The maximum atomic E-state index is 12.1. The van der Waals surface area contributed by atoms with E-state index in [-0.39, 0.29) is 23.5 Å². The molecule has 0 heterocycles. The van der Waals surface area contributed by atoms with Crippen LogP contribution in [0.4, 0.5) is 0 Å². The van der Waals surface area contributed by atoms with Crippen LogP contribution in [0.1, 0.15) is 30.6 Å². The van der Waals surface area contributed by atoms with Gasteiger partial charge in [0.25, 0.3) is 5.91 Å². The number of rotatable bonds is 2. The predicted octanol–water partition coefficient (Wildman–Crippen LogP) is 2.88. The Labute approximate surface area is 116 Å². The van der Waals surface area contributed by atoms with Crippen LogP contribution in [-0.2, 0) is 0 Å². The SMILES string of the molecule is CC1(C)C(O)CC1NC(=O)c1cc(Cl)ccc1Cl. The number of aliphatic hydroxyl groups excluding tert-OH is 1. The van der Waals surface area contributed by atoms with E-state index in [4.69, 9.17) is 23.2 Å². The molecule has 1 aliphatic rings. The number of aliphatic hydroxyl groups is 1. The minimum absolute atomic E-state index is 0.0463. The minimum Gasteiger partial charge on any atom is -0.392 e. The van der Waals surface area contributed by atoms with Crippen LogP contribution in [0, 0.1) is 5.41 Å².